The van der Waals surface area contributed by atoms with Crippen LogP contribution in [0.1, 0.15) is 29.4 Å². The first kappa shape index (κ1) is 8.10. The minimum Gasteiger partial charge on any atom is -0.464 e. The fraction of sp³-hybridized carbons (Fsp3) is 0.500. The maximum atomic E-state index is 11.3. The highest BCUT2D eigenvalue weighted by molar-refractivity contribution is 5.92. The standard InChI is InChI=1S/C8H11N3O2/c1-13-8(12)6-7(9)10-4-11(6)5-2-3-5/h4-5H,2-3,9H2,1H3. The van der Waals surface area contributed by atoms with Gasteiger partial charge in [0.05, 0.1) is 13.4 Å². The molecule has 13 heavy (non-hydrogen) atoms. The van der Waals surface area contributed by atoms with E-state index in [1.165, 1.54) is 7.11 Å². The van der Waals surface area contributed by atoms with Gasteiger partial charge in [0.2, 0.25) is 0 Å². The van der Waals surface area contributed by atoms with Crippen LogP contribution in [0.5, 0.6) is 0 Å². The number of ether oxygens (including phenoxy) is 1. The molecule has 0 radical (unpaired) electrons. The van der Waals surface area contributed by atoms with Crippen LogP contribution in [0.2, 0.25) is 0 Å². The van der Waals surface area contributed by atoms with E-state index in [-0.39, 0.29) is 5.82 Å². The summed E-state index contributed by atoms with van der Waals surface area (Å²) in [7, 11) is 1.34. The van der Waals surface area contributed by atoms with Crippen molar-refractivity contribution in [3.63, 3.8) is 0 Å². The Morgan fingerprint density at radius 3 is 3.00 bits per heavy atom. The number of esters is 1. The van der Waals surface area contributed by atoms with Crippen LogP contribution in [0.15, 0.2) is 6.33 Å². The highest BCUT2D eigenvalue weighted by atomic mass is 16.5. The van der Waals surface area contributed by atoms with Gasteiger partial charge < -0.3 is 15.0 Å². The van der Waals surface area contributed by atoms with Crippen molar-refractivity contribution in [2.24, 2.45) is 0 Å². The van der Waals surface area contributed by atoms with Crippen molar-refractivity contribution < 1.29 is 9.53 Å². The lowest BCUT2D eigenvalue weighted by atomic mass is 10.4. The molecule has 2 rings (SSSR count). The third-order valence-electron chi connectivity index (χ3n) is 2.14. The third kappa shape index (κ3) is 1.26. The second-order valence-electron chi connectivity index (χ2n) is 3.11. The Hall–Kier alpha value is -1.52. The van der Waals surface area contributed by atoms with Gasteiger partial charge in [0.1, 0.15) is 0 Å². The van der Waals surface area contributed by atoms with Crippen LogP contribution in [0.25, 0.3) is 0 Å². The number of anilines is 1. The molecule has 0 aromatic carbocycles. The number of hydrogen-bond acceptors (Lipinski definition) is 4. The molecule has 1 fully saturated rings. The Morgan fingerprint density at radius 1 is 1.77 bits per heavy atom. The number of carbonyl (C=O) groups excluding carboxylic acids is 1. The quantitative estimate of drug-likeness (QED) is 0.678. The Labute approximate surface area is 75.5 Å². The molecule has 0 amide bonds. The van der Waals surface area contributed by atoms with Crippen LogP contribution in [-0.2, 0) is 4.74 Å². The summed E-state index contributed by atoms with van der Waals surface area (Å²) in [6, 6.07) is 0.388. The molecule has 0 saturated heterocycles. The van der Waals surface area contributed by atoms with Gasteiger partial charge in [-0.05, 0) is 12.8 Å². The predicted octanol–water partition coefficient (Wildman–Crippen LogP) is 0.587. The summed E-state index contributed by atoms with van der Waals surface area (Å²) in [4.78, 5) is 15.2. The van der Waals surface area contributed by atoms with Gasteiger partial charge in [-0.3, -0.25) is 0 Å². The number of rotatable bonds is 2. The fourth-order valence-electron chi connectivity index (χ4n) is 1.31. The number of nitrogens with zero attached hydrogens (tertiary/aromatic N) is 2. The molecule has 1 aromatic rings. The van der Waals surface area contributed by atoms with Gasteiger partial charge >= 0.3 is 5.97 Å². The van der Waals surface area contributed by atoms with E-state index in [1.54, 1.807) is 10.9 Å². The van der Waals surface area contributed by atoms with Gasteiger partial charge in [0, 0.05) is 6.04 Å². The number of nitrogen functional groups attached to an aromatic ring is 1. The van der Waals surface area contributed by atoms with Crippen LogP contribution in [0.4, 0.5) is 5.82 Å². The van der Waals surface area contributed by atoms with Crippen LogP contribution in [-0.4, -0.2) is 22.6 Å². The van der Waals surface area contributed by atoms with Gasteiger partial charge in [-0.2, -0.15) is 0 Å². The van der Waals surface area contributed by atoms with Crippen LogP contribution >= 0.6 is 0 Å². The minimum absolute atomic E-state index is 0.249. The second-order valence-corrected chi connectivity index (χ2v) is 3.11. The zero-order chi connectivity index (χ0) is 9.42. The molecule has 1 heterocycles. The number of imidazole rings is 1. The molecule has 5 nitrogen and oxygen atoms in total. The van der Waals surface area contributed by atoms with Crippen LogP contribution in [0, 0.1) is 0 Å². The molecule has 0 atom stereocenters. The highest BCUT2D eigenvalue weighted by Crippen LogP contribution is 2.36. The molecule has 70 valence electrons. The lowest BCUT2D eigenvalue weighted by Crippen LogP contribution is -2.11. The molecule has 1 saturated carbocycles. The van der Waals surface area contributed by atoms with Gasteiger partial charge in [-0.25, -0.2) is 9.78 Å². The molecule has 1 aliphatic carbocycles. The molecule has 5 heteroatoms. The SMILES string of the molecule is COC(=O)c1c(N)ncn1C1CC1. The van der Waals surface area contributed by atoms with Crippen LogP contribution in [0.3, 0.4) is 0 Å². The summed E-state index contributed by atoms with van der Waals surface area (Å²) < 4.78 is 6.41. The topological polar surface area (TPSA) is 70.1 Å². The van der Waals surface area contributed by atoms with Crippen molar-refractivity contribution >= 4 is 11.8 Å². The van der Waals surface area contributed by atoms with Crippen molar-refractivity contribution in [2.45, 2.75) is 18.9 Å². The summed E-state index contributed by atoms with van der Waals surface area (Å²) >= 11 is 0. The maximum Gasteiger partial charge on any atom is 0.358 e. The molecule has 0 unspecified atom stereocenters. The monoisotopic (exact) mass is 181 g/mol. The van der Waals surface area contributed by atoms with Gasteiger partial charge in [0.25, 0.3) is 0 Å². The third-order valence-corrected chi connectivity index (χ3v) is 2.14. The first-order valence-corrected chi connectivity index (χ1v) is 4.14. The Bertz CT molecular complexity index is 341. The van der Waals surface area contributed by atoms with Crippen molar-refractivity contribution in [2.75, 3.05) is 12.8 Å². The molecule has 1 aliphatic rings. The van der Waals surface area contributed by atoms with Crippen LogP contribution < -0.4 is 5.73 Å². The van der Waals surface area contributed by atoms with Gasteiger partial charge in [0.15, 0.2) is 11.5 Å². The Balaban J connectivity index is 2.39. The number of aromatic nitrogens is 2. The van der Waals surface area contributed by atoms with Crippen molar-refractivity contribution in [1.82, 2.24) is 9.55 Å². The largest absolute Gasteiger partial charge is 0.464 e. The van der Waals surface area contributed by atoms with Gasteiger partial charge in [-0.1, -0.05) is 0 Å². The zero-order valence-corrected chi connectivity index (χ0v) is 7.36. The highest BCUT2D eigenvalue weighted by Gasteiger charge is 2.29. The molecule has 0 bridgehead atoms. The summed E-state index contributed by atoms with van der Waals surface area (Å²) in [5.74, 6) is -0.166. The van der Waals surface area contributed by atoms with E-state index in [4.69, 9.17) is 5.73 Å². The molecule has 2 N–H and O–H groups in total. The molecular formula is C8H11N3O2. The summed E-state index contributed by atoms with van der Waals surface area (Å²) in [5, 5.41) is 0. The van der Waals surface area contributed by atoms with Crippen molar-refractivity contribution in [3.8, 4) is 0 Å². The van der Waals surface area contributed by atoms with E-state index in [0.29, 0.717) is 11.7 Å². The zero-order valence-electron chi connectivity index (χ0n) is 7.36. The molecule has 0 spiro atoms. The van der Waals surface area contributed by atoms with E-state index < -0.39 is 5.97 Å². The normalized spacial score (nSPS) is 15.8. The second kappa shape index (κ2) is 2.76. The molecule has 0 aliphatic heterocycles. The number of nitrogens with two attached hydrogens (primary N) is 1. The first-order chi connectivity index (χ1) is 6.24. The van der Waals surface area contributed by atoms with E-state index in [1.807, 2.05) is 0 Å². The summed E-state index contributed by atoms with van der Waals surface area (Å²) in [5.41, 5.74) is 5.93. The lowest BCUT2D eigenvalue weighted by Gasteiger charge is -2.04. The summed E-state index contributed by atoms with van der Waals surface area (Å²) in [6.45, 7) is 0. The minimum atomic E-state index is -0.415. The lowest BCUT2D eigenvalue weighted by molar-refractivity contribution is 0.0589. The van der Waals surface area contributed by atoms with E-state index in [0.717, 1.165) is 12.8 Å². The average Bonchev–Trinajstić information content (AvgIpc) is 2.89. The van der Waals surface area contributed by atoms with E-state index in [2.05, 4.69) is 9.72 Å². The Kier molecular flexibility index (Phi) is 1.72. The van der Waals surface area contributed by atoms with E-state index >= 15 is 0 Å². The molecular weight excluding hydrogens is 170 g/mol. The van der Waals surface area contributed by atoms with Crippen molar-refractivity contribution in [3.05, 3.63) is 12.0 Å². The van der Waals surface area contributed by atoms with Crippen molar-refractivity contribution in [1.29, 1.82) is 0 Å². The van der Waals surface area contributed by atoms with E-state index in [9.17, 15) is 4.79 Å². The first-order valence-electron chi connectivity index (χ1n) is 4.14. The fourth-order valence-corrected chi connectivity index (χ4v) is 1.31. The molecule has 1 aromatic heterocycles. The Morgan fingerprint density at radius 2 is 2.46 bits per heavy atom. The van der Waals surface area contributed by atoms with Gasteiger partial charge in [-0.15, -0.1) is 0 Å². The number of carbonyl (C=O) groups is 1. The number of hydrogen-bond donors (Lipinski definition) is 1. The predicted molar refractivity (Wildman–Crippen MR) is 46.2 cm³/mol. The maximum absolute atomic E-state index is 11.3. The average molecular weight is 181 g/mol. The summed E-state index contributed by atoms with van der Waals surface area (Å²) in [6.07, 6.45) is 3.76. The number of methoxy groups -OCH3 is 1. The smallest absolute Gasteiger partial charge is 0.358 e.